The Morgan fingerprint density at radius 3 is 2.37 bits per heavy atom. The van der Waals surface area contributed by atoms with E-state index in [2.05, 4.69) is 42.9 Å². The van der Waals surface area contributed by atoms with E-state index in [4.69, 9.17) is 16.3 Å². The van der Waals surface area contributed by atoms with Crippen molar-refractivity contribution in [2.24, 2.45) is 0 Å². The Balaban J connectivity index is 2.15. The molecule has 0 N–H and O–H groups in total. The lowest BCUT2D eigenvalue weighted by molar-refractivity contribution is 0.457. The number of alkyl halides is 1. The molecule has 0 bridgehead atoms. The van der Waals surface area contributed by atoms with Crippen LogP contribution in [-0.2, 0) is 11.3 Å². The highest BCUT2D eigenvalue weighted by Gasteiger charge is 2.13. The van der Waals surface area contributed by atoms with Crippen LogP contribution in [0, 0.1) is 0 Å². The maximum Gasteiger partial charge on any atom is 0.238 e. The van der Waals surface area contributed by atoms with Gasteiger partial charge in [0.25, 0.3) is 0 Å². The molecule has 1 heterocycles. The second-order valence-electron chi connectivity index (χ2n) is 5.36. The molecule has 0 atom stereocenters. The maximum atomic E-state index is 5.71. The molecule has 2 rings (SSSR count). The van der Waals surface area contributed by atoms with E-state index in [1.807, 2.05) is 12.1 Å². The summed E-state index contributed by atoms with van der Waals surface area (Å²) in [6, 6.07) is 8.01. The lowest BCUT2D eigenvalue weighted by Gasteiger charge is -2.19. The molecule has 0 saturated carbocycles. The second kappa shape index (κ2) is 5.57. The molecular formula is C15H17ClN2O. The molecule has 0 saturated heterocycles. The molecule has 100 valence electrons. The molecule has 0 radical (unpaired) electrons. The van der Waals surface area contributed by atoms with E-state index >= 15 is 0 Å². The number of hydrogen-bond acceptors (Lipinski definition) is 3. The van der Waals surface area contributed by atoms with Crippen LogP contribution in [0.4, 0.5) is 0 Å². The SMILES string of the molecule is CC(C)(C)c1ccc(Oc2cncc(CCl)n2)cc1. The molecule has 2 aromatic rings. The van der Waals surface area contributed by atoms with Crippen molar-refractivity contribution >= 4 is 11.6 Å². The summed E-state index contributed by atoms with van der Waals surface area (Å²) >= 11 is 5.71. The van der Waals surface area contributed by atoms with Gasteiger partial charge in [-0.3, -0.25) is 4.98 Å². The summed E-state index contributed by atoms with van der Waals surface area (Å²) in [4.78, 5) is 8.28. The zero-order chi connectivity index (χ0) is 13.9. The molecule has 1 aromatic heterocycles. The highest BCUT2D eigenvalue weighted by molar-refractivity contribution is 6.16. The molecule has 0 amide bonds. The molecule has 4 heteroatoms. The zero-order valence-electron chi connectivity index (χ0n) is 11.4. The fourth-order valence-electron chi connectivity index (χ4n) is 1.64. The zero-order valence-corrected chi connectivity index (χ0v) is 12.1. The van der Waals surface area contributed by atoms with Crippen molar-refractivity contribution in [3.05, 3.63) is 47.9 Å². The minimum Gasteiger partial charge on any atom is -0.437 e. The van der Waals surface area contributed by atoms with Crippen LogP contribution in [0.1, 0.15) is 32.0 Å². The van der Waals surface area contributed by atoms with Crippen LogP contribution in [0.2, 0.25) is 0 Å². The summed E-state index contributed by atoms with van der Waals surface area (Å²) in [7, 11) is 0. The number of rotatable bonds is 3. The van der Waals surface area contributed by atoms with E-state index in [1.54, 1.807) is 12.4 Å². The first-order valence-corrected chi connectivity index (χ1v) is 6.68. The Labute approximate surface area is 118 Å². The summed E-state index contributed by atoms with van der Waals surface area (Å²) in [5.41, 5.74) is 2.10. The van der Waals surface area contributed by atoms with Crippen molar-refractivity contribution in [3.63, 3.8) is 0 Å². The van der Waals surface area contributed by atoms with Crippen molar-refractivity contribution in [2.45, 2.75) is 32.1 Å². The van der Waals surface area contributed by atoms with E-state index in [9.17, 15) is 0 Å². The normalized spacial score (nSPS) is 11.4. The van der Waals surface area contributed by atoms with Crippen LogP contribution >= 0.6 is 11.6 Å². The van der Waals surface area contributed by atoms with Gasteiger partial charge in [0, 0.05) is 6.20 Å². The van der Waals surface area contributed by atoms with Gasteiger partial charge in [-0.1, -0.05) is 32.9 Å². The molecule has 0 aliphatic rings. The van der Waals surface area contributed by atoms with Crippen LogP contribution < -0.4 is 4.74 Å². The van der Waals surface area contributed by atoms with Crippen LogP contribution in [0.25, 0.3) is 0 Å². The van der Waals surface area contributed by atoms with Crippen molar-refractivity contribution in [3.8, 4) is 11.6 Å². The number of nitrogens with zero attached hydrogens (tertiary/aromatic N) is 2. The summed E-state index contributed by atoms with van der Waals surface area (Å²) in [6.45, 7) is 6.54. The molecule has 3 nitrogen and oxygen atoms in total. The average Bonchev–Trinajstić information content (AvgIpc) is 2.38. The summed E-state index contributed by atoms with van der Waals surface area (Å²) in [5, 5.41) is 0. The van der Waals surface area contributed by atoms with Gasteiger partial charge in [-0.05, 0) is 23.1 Å². The highest BCUT2D eigenvalue weighted by atomic mass is 35.5. The Bertz CT molecular complexity index is 547. The first-order valence-electron chi connectivity index (χ1n) is 6.14. The van der Waals surface area contributed by atoms with E-state index in [1.165, 1.54) is 5.56 Å². The number of benzene rings is 1. The van der Waals surface area contributed by atoms with Crippen LogP contribution in [0.5, 0.6) is 11.6 Å². The maximum absolute atomic E-state index is 5.71. The van der Waals surface area contributed by atoms with Gasteiger partial charge in [0.05, 0.1) is 17.8 Å². The topological polar surface area (TPSA) is 35.0 Å². The third kappa shape index (κ3) is 3.67. The predicted octanol–water partition coefficient (Wildman–Crippen LogP) is 4.31. The fraction of sp³-hybridized carbons (Fsp3) is 0.333. The quantitative estimate of drug-likeness (QED) is 0.784. The molecule has 1 aromatic carbocycles. The number of halogens is 1. The Morgan fingerprint density at radius 1 is 1.11 bits per heavy atom. The van der Waals surface area contributed by atoms with Crippen LogP contribution in [0.15, 0.2) is 36.7 Å². The first kappa shape index (κ1) is 13.8. The minimum absolute atomic E-state index is 0.136. The highest BCUT2D eigenvalue weighted by Crippen LogP contribution is 2.26. The lowest BCUT2D eigenvalue weighted by atomic mass is 9.87. The molecule has 0 unspecified atom stereocenters. The Hall–Kier alpha value is -1.61. The summed E-state index contributed by atoms with van der Waals surface area (Å²) in [5.74, 6) is 1.53. The van der Waals surface area contributed by atoms with Crippen molar-refractivity contribution in [1.82, 2.24) is 9.97 Å². The fourth-order valence-corrected chi connectivity index (χ4v) is 1.77. The van der Waals surface area contributed by atoms with Gasteiger partial charge < -0.3 is 4.74 Å². The Kier molecular flexibility index (Phi) is 4.05. The van der Waals surface area contributed by atoms with Gasteiger partial charge in [-0.2, -0.15) is 0 Å². The Morgan fingerprint density at radius 2 is 1.79 bits per heavy atom. The van der Waals surface area contributed by atoms with Crippen molar-refractivity contribution in [2.75, 3.05) is 0 Å². The number of hydrogen-bond donors (Lipinski definition) is 0. The average molecular weight is 277 g/mol. The molecule has 19 heavy (non-hydrogen) atoms. The van der Waals surface area contributed by atoms with Gasteiger partial charge in [-0.25, -0.2) is 4.98 Å². The van der Waals surface area contributed by atoms with Gasteiger partial charge in [-0.15, -0.1) is 11.6 Å². The van der Waals surface area contributed by atoms with Crippen LogP contribution in [0.3, 0.4) is 0 Å². The molecular weight excluding hydrogens is 260 g/mol. The van der Waals surface area contributed by atoms with E-state index in [0.29, 0.717) is 17.5 Å². The van der Waals surface area contributed by atoms with Gasteiger partial charge in [0.15, 0.2) is 0 Å². The van der Waals surface area contributed by atoms with Gasteiger partial charge in [0.1, 0.15) is 5.75 Å². The monoisotopic (exact) mass is 276 g/mol. The van der Waals surface area contributed by atoms with E-state index in [0.717, 1.165) is 5.75 Å². The summed E-state index contributed by atoms with van der Waals surface area (Å²) < 4.78 is 5.66. The van der Waals surface area contributed by atoms with Crippen LogP contribution in [-0.4, -0.2) is 9.97 Å². The molecule has 0 aliphatic carbocycles. The third-order valence-electron chi connectivity index (χ3n) is 2.74. The van der Waals surface area contributed by atoms with E-state index in [-0.39, 0.29) is 5.41 Å². The standard InChI is InChI=1S/C15H17ClN2O/c1-15(2,3)11-4-6-13(7-5-11)19-14-10-17-9-12(8-16)18-14/h4-7,9-10H,8H2,1-3H3. The minimum atomic E-state index is 0.136. The molecule has 0 spiro atoms. The molecule has 0 aliphatic heterocycles. The van der Waals surface area contributed by atoms with E-state index < -0.39 is 0 Å². The third-order valence-corrected chi connectivity index (χ3v) is 3.02. The summed E-state index contributed by atoms with van der Waals surface area (Å²) in [6.07, 6.45) is 3.20. The van der Waals surface area contributed by atoms with Gasteiger partial charge >= 0.3 is 0 Å². The predicted molar refractivity (Wildman–Crippen MR) is 76.8 cm³/mol. The second-order valence-corrected chi connectivity index (χ2v) is 5.63. The smallest absolute Gasteiger partial charge is 0.238 e. The lowest BCUT2D eigenvalue weighted by Crippen LogP contribution is -2.10. The molecule has 0 fully saturated rings. The van der Waals surface area contributed by atoms with Crippen molar-refractivity contribution in [1.29, 1.82) is 0 Å². The number of ether oxygens (including phenoxy) is 1. The van der Waals surface area contributed by atoms with Gasteiger partial charge in [0.2, 0.25) is 5.88 Å². The van der Waals surface area contributed by atoms with Crippen molar-refractivity contribution < 1.29 is 4.74 Å². The largest absolute Gasteiger partial charge is 0.437 e. The number of aromatic nitrogens is 2. The first-order chi connectivity index (χ1) is 8.99.